The molecule has 0 amide bonds. The zero-order chi connectivity index (χ0) is 19.8. The van der Waals surface area contributed by atoms with Crippen LogP contribution in [0.25, 0.3) is 28.0 Å². The molecule has 1 N–H and O–H groups in total. The first-order chi connectivity index (χ1) is 13.5. The highest BCUT2D eigenvalue weighted by molar-refractivity contribution is 9.10. The first-order valence-electron chi connectivity index (χ1n) is 8.45. The molecular formula is C20H16BrN3O4. The van der Waals surface area contributed by atoms with Gasteiger partial charge in [0.15, 0.2) is 5.65 Å². The molecule has 8 heteroatoms. The second-order valence-corrected chi connectivity index (χ2v) is 7.15. The summed E-state index contributed by atoms with van der Waals surface area (Å²) in [6.07, 6.45) is 1.57. The lowest BCUT2D eigenvalue weighted by Gasteiger charge is -2.06. The summed E-state index contributed by atoms with van der Waals surface area (Å²) in [6.45, 7) is 1.87. The third-order valence-corrected chi connectivity index (χ3v) is 4.84. The minimum atomic E-state index is -0.640. The fourth-order valence-electron chi connectivity index (χ4n) is 3.16. The summed E-state index contributed by atoms with van der Waals surface area (Å²) in [4.78, 5) is 16.9. The largest absolute Gasteiger partial charge is 0.507 e. The van der Waals surface area contributed by atoms with Crippen LogP contribution in [0.2, 0.25) is 0 Å². The van der Waals surface area contributed by atoms with Crippen LogP contribution in [0.3, 0.4) is 0 Å². The molecule has 28 heavy (non-hydrogen) atoms. The van der Waals surface area contributed by atoms with Crippen molar-refractivity contribution in [3.8, 4) is 28.1 Å². The monoisotopic (exact) mass is 441 g/mol. The molecule has 0 aliphatic rings. The van der Waals surface area contributed by atoms with Crippen LogP contribution in [-0.4, -0.2) is 26.8 Å². The maximum atomic E-state index is 12.4. The molecule has 0 unspecified atom stereocenters. The van der Waals surface area contributed by atoms with Gasteiger partial charge in [0.1, 0.15) is 17.1 Å². The topological polar surface area (TPSA) is 89.9 Å². The van der Waals surface area contributed by atoms with E-state index in [2.05, 4.69) is 26.0 Å². The zero-order valence-electron chi connectivity index (χ0n) is 15.1. The van der Waals surface area contributed by atoms with Gasteiger partial charge < -0.3 is 14.3 Å². The molecule has 0 radical (unpaired) electrons. The Morgan fingerprint density at radius 3 is 2.64 bits per heavy atom. The third-order valence-electron chi connectivity index (χ3n) is 4.31. The number of aromatic nitrogens is 3. The quantitative estimate of drug-likeness (QED) is 0.515. The van der Waals surface area contributed by atoms with E-state index in [4.69, 9.17) is 9.15 Å². The normalized spacial score (nSPS) is 11.2. The van der Waals surface area contributed by atoms with Crippen molar-refractivity contribution < 1.29 is 14.3 Å². The first kappa shape index (κ1) is 18.4. The average Bonchev–Trinajstić information content (AvgIpc) is 3.01. The van der Waals surface area contributed by atoms with Crippen LogP contribution in [0.5, 0.6) is 5.75 Å². The Kier molecular flexibility index (Phi) is 4.74. The number of halogens is 1. The average molecular weight is 442 g/mol. The SMILES string of the molecule is COCc1nn2c(-c3c(O)cc(C)oc3=O)ccnc2c1-c1ccc(Br)cc1. The molecule has 1 aromatic carbocycles. The highest BCUT2D eigenvalue weighted by atomic mass is 79.9. The number of benzene rings is 1. The van der Waals surface area contributed by atoms with Crippen LogP contribution in [0.1, 0.15) is 11.5 Å². The van der Waals surface area contributed by atoms with Gasteiger partial charge in [0.25, 0.3) is 0 Å². The lowest BCUT2D eigenvalue weighted by Crippen LogP contribution is -2.08. The Hall–Kier alpha value is -2.97. The van der Waals surface area contributed by atoms with Crippen LogP contribution in [0.4, 0.5) is 0 Å². The minimum absolute atomic E-state index is 0.0341. The van der Waals surface area contributed by atoms with E-state index in [1.807, 2.05) is 24.3 Å². The second kappa shape index (κ2) is 7.21. The first-order valence-corrected chi connectivity index (χ1v) is 9.24. The molecule has 0 aliphatic heterocycles. The van der Waals surface area contributed by atoms with E-state index in [0.717, 1.165) is 15.6 Å². The molecule has 0 fully saturated rings. The van der Waals surface area contributed by atoms with Crippen molar-refractivity contribution in [2.45, 2.75) is 13.5 Å². The number of nitrogens with zero attached hydrogens (tertiary/aromatic N) is 3. The Labute approximate surface area is 168 Å². The fraction of sp³-hybridized carbons (Fsp3) is 0.150. The van der Waals surface area contributed by atoms with Gasteiger partial charge in [-0.3, -0.25) is 0 Å². The van der Waals surface area contributed by atoms with E-state index in [0.29, 0.717) is 22.8 Å². The number of aromatic hydroxyl groups is 1. The van der Waals surface area contributed by atoms with E-state index in [1.54, 1.807) is 26.3 Å². The minimum Gasteiger partial charge on any atom is -0.507 e. The molecular weight excluding hydrogens is 426 g/mol. The summed E-state index contributed by atoms with van der Waals surface area (Å²) in [5, 5.41) is 15.0. The molecule has 0 saturated carbocycles. The standard InChI is InChI=1S/C20H16BrN3O4/c1-11-9-16(25)18(20(26)28-11)15-7-8-22-19-17(12-3-5-13(21)6-4-12)14(10-27-2)23-24(15)19/h3-9,25H,10H2,1-2H3. The second-order valence-electron chi connectivity index (χ2n) is 6.23. The Bertz CT molecular complexity index is 1230. The summed E-state index contributed by atoms with van der Waals surface area (Å²) in [6, 6.07) is 10.8. The molecule has 4 rings (SSSR count). The van der Waals surface area contributed by atoms with Gasteiger partial charge in [-0.05, 0) is 30.7 Å². The van der Waals surface area contributed by atoms with Gasteiger partial charge in [0, 0.05) is 23.8 Å². The van der Waals surface area contributed by atoms with Crippen LogP contribution >= 0.6 is 15.9 Å². The van der Waals surface area contributed by atoms with Gasteiger partial charge in [0.2, 0.25) is 0 Å². The lowest BCUT2D eigenvalue weighted by molar-refractivity contribution is 0.181. The van der Waals surface area contributed by atoms with E-state index >= 15 is 0 Å². The number of ether oxygens (including phenoxy) is 1. The zero-order valence-corrected chi connectivity index (χ0v) is 16.7. The van der Waals surface area contributed by atoms with Crippen molar-refractivity contribution in [3.63, 3.8) is 0 Å². The molecule has 7 nitrogen and oxygen atoms in total. The number of rotatable bonds is 4. The molecule has 4 aromatic rings. The van der Waals surface area contributed by atoms with Crippen molar-refractivity contribution in [3.05, 3.63) is 68.9 Å². The van der Waals surface area contributed by atoms with Gasteiger partial charge in [-0.25, -0.2) is 14.3 Å². The van der Waals surface area contributed by atoms with E-state index in [1.165, 1.54) is 10.6 Å². The Morgan fingerprint density at radius 1 is 1.21 bits per heavy atom. The number of hydrogen-bond donors (Lipinski definition) is 1. The summed E-state index contributed by atoms with van der Waals surface area (Å²) in [7, 11) is 1.59. The predicted octanol–water partition coefficient (Wildman–Crippen LogP) is 3.94. The summed E-state index contributed by atoms with van der Waals surface area (Å²) >= 11 is 3.44. The smallest absolute Gasteiger partial charge is 0.349 e. The van der Waals surface area contributed by atoms with E-state index in [-0.39, 0.29) is 17.9 Å². The molecule has 0 aliphatic carbocycles. The van der Waals surface area contributed by atoms with Crippen LogP contribution in [0, 0.1) is 6.92 Å². The molecule has 0 bridgehead atoms. The van der Waals surface area contributed by atoms with Gasteiger partial charge in [-0.2, -0.15) is 5.10 Å². The predicted molar refractivity (Wildman–Crippen MR) is 107 cm³/mol. The molecule has 3 heterocycles. The fourth-order valence-corrected chi connectivity index (χ4v) is 3.42. The summed E-state index contributed by atoms with van der Waals surface area (Å²) in [5.41, 5.74) is 2.71. The number of hydrogen-bond acceptors (Lipinski definition) is 6. The number of methoxy groups -OCH3 is 1. The summed E-state index contributed by atoms with van der Waals surface area (Å²) in [5.74, 6) is 0.155. The van der Waals surface area contributed by atoms with Crippen LogP contribution < -0.4 is 5.63 Å². The Morgan fingerprint density at radius 2 is 1.96 bits per heavy atom. The molecule has 0 saturated heterocycles. The maximum absolute atomic E-state index is 12.4. The molecule has 142 valence electrons. The maximum Gasteiger partial charge on any atom is 0.349 e. The van der Waals surface area contributed by atoms with E-state index in [9.17, 15) is 9.90 Å². The van der Waals surface area contributed by atoms with Gasteiger partial charge in [-0.1, -0.05) is 28.1 Å². The van der Waals surface area contributed by atoms with Gasteiger partial charge >= 0.3 is 5.63 Å². The van der Waals surface area contributed by atoms with Gasteiger partial charge in [-0.15, -0.1) is 0 Å². The number of fused-ring (bicyclic) bond motifs is 1. The van der Waals surface area contributed by atoms with Crippen molar-refractivity contribution in [1.29, 1.82) is 0 Å². The van der Waals surface area contributed by atoms with Crippen LogP contribution in [0.15, 0.2) is 56.3 Å². The van der Waals surface area contributed by atoms with Crippen molar-refractivity contribution >= 4 is 21.6 Å². The van der Waals surface area contributed by atoms with Crippen molar-refractivity contribution in [2.24, 2.45) is 0 Å². The van der Waals surface area contributed by atoms with Crippen molar-refractivity contribution in [1.82, 2.24) is 14.6 Å². The molecule has 3 aromatic heterocycles. The van der Waals surface area contributed by atoms with Gasteiger partial charge in [0.05, 0.1) is 23.6 Å². The lowest BCUT2D eigenvalue weighted by atomic mass is 10.1. The number of aryl methyl sites for hydroxylation is 1. The van der Waals surface area contributed by atoms with Crippen molar-refractivity contribution in [2.75, 3.05) is 7.11 Å². The highest BCUT2D eigenvalue weighted by Crippen LogP contribution is 2.33. The highest BCUT2D eigenvalue weighted by Gasteiger charge is 2.21. The third kappa shape index (κ3) is 3.10. The molecule has 0 atom stereocenters. The Balaban J connectivity index is 2.04. The summed E-state index contributed by atoms with van der Waals surface area (Å²) < 4.78 is 13.0. The van der Waals surface area contributed by atoms with Crippen LogP contribution in [-0.2, 0) is 11.3 Å². The molecule has 0 spiro atoms. The van der Waals surface area contributed by atoms with E-state index < -0.39 is 5.63 Å².